The lowest BCUT2D eigenvalue weighted by atomic mass is 10.1. The highest BCUT2D eigenvalue weighted by Crippen LogP contribution is 2.27. The van der Waals surface area contributed by atoms with Crippen LogP contribution < -0.4 is 10.1 Å². The Morgan fingerprint density at radius 3 is 2.66 bits per heavy atom. The fourth-order valence-corrected chi connectivity index (χ4v) is 4.23. The lowest BCUT2D eigenvalue weighted by Gasteiger charge is -2.15. The van der Waals surface area contributed by atoms with Crippen molar-refractivity contribution in [3.63, 3.8) is 0 Å². The maximum atomic E-state index is 12.8. The van der Waals surface area contributed by atoms with Crippen molar-refractivity contribution in [1.29, 1.82) is 0 Å². The van der Waals surface area contributed by atoms with Gasteiger partial charge in [0.05, 0.1) is 12.7 Å². The summed E-state index contributed by atoms with van der Waals surface area (Å²) in [6, 6.07) is 21.4. The summed E-state index contributed by atoms with van der Waals surface area (Å²) in [5.41, 5.74) is 3.35. The molecule has 0 spiro atoms. The quantitative estimate of drug-likeness (QED) is 0.504. The summed E-state index contributed by atoms with van der Waals surface area (Å²) in [6.45, 7) is 2.88. The number of rotatable bonds is 6. The van der Waals surface area contributed by atoms with Gasteiger partial charge in [0, 0.05) is 30.9 Å². The molecule has 1 fully saturated rings. The first-order valence-corrected chi connectivity index (χ1v) is 10.8. The number of benzene rings is 2. The van der Waals surface area contributed by atoms with Crippen LogP contribution in [0.15, 0.2) is 72.9 Å². The van der Waals surface area contributed by atoms with E-state index in [1.165, 1.54) is 5.56 Å². The molecule has 1 atom stereocenters. The van der Waals surface area contributed by atoms with Crippen LogP contribution in [0.4, 0.5) is 5.69 Å². The van der Waals surface area contributed by atoms with Crippen molar-refractivity contribution in [1.82, 2.24) is 19.5 Å². The average molecular weight is 428 g/mol. The van der Waals surface area contributed by atoms with Gasteiger partial charge in [0.25, 0.3) is 5.91 Å². The molecule has 4 aromatic rings. The van der Waals surface area contributed by atoms with Gasteiger partial charge in [0.1, 0.15) is 11.6 Å². The highest BCUT2D eigenvalue weighted by Gasteiger charge is 2.27. The summed E-state index contributed by atoms with van der Waals surface area (Å²) >= 11 is 0. The summed E-state index contributed by atoms with van der Waals surface area (Å²) in [6.07, 6.45) is 2.86. The first-order valence-electron chi connectivity index (χ1n) is 10.8. The first kappa shape index (κ1) is 20.2. The third-order valence-electron chi connectivity index (χ3n) is 5.93. The number of methoxy groups -OCH3 is 1. The maximum absolute atomic E-state index is 12.8. The molecule has 1 amide bonds. The van der Waals surface area contributed by atoms with Gasteiger partial charge in [-0.1, -0.05) is 30.3 Å². The molecule has 7 heteroatoms. The van der Waals surface area contributed by atoms with Gasteiger partial charge in [-0.3, -0.25) is 14.1 Å². The molecule has 162 valence electrons. The Balaban J connectivity index is 1.32. The lowest BCUT2D eigenvalue weighted by molar-refractivity contribution is 0.102. The van der Waals surface area contributed by atoms with Crippen LogP contribution in [0.25, 0.3) is 5.65 Å². The Kier molecular flexibility index (Phi) is 5.56. The van der Waals surface area contributed by atoms with E-state index < -0.39 is 0 Å². The van der Waals surface area contributed by atoms with Gasteiger partial charge in [0.2, 0.25) is 0 Å². The zero-order valence-corrected chi connectivity index (χ0v) is 17.9. The third-order valence-corrected chi connectivity index (χ3v) is 5.93. The molecule has 1 aliphatic rings. The molecule has 1 N–H and O–H groups in total. The van der Waals surface area contributed by atoms with E-state index in [9.17, 15) is 4.79 Å². The Labute approximate surface area is 186 Å². The summed E-state index contributed by atoms with van der Waals surface area (Å²) in [5.74, 6) is 1.77. The average Bonchev–Trinajstić information content (AvgIpc) is 3.46. The molecule has 5 rings (SSSR count). The minimum absolute atomic E-state index is 0.172. The molecule has 32 heavy (non-hydrogen) atoms. The summed E-state index contributed by atoms with van der Waals surface area (Å²) < 4.78 is 7.13. The van der Waals surface area contributed by atoms with Crippen molar-refractivity contribution in [2.45, 2.75) is 18.9 Å². The predicted octanol–water partition coefficient (Wildman–Crippen LogP) is 3.98. The number of hydrogen-bond donors (Lipinski definition) is 1. The van der Waals surface area contributed by atoms with Crippen molar-refractivity contribution < 1.29 is 9.53 Å². The van der Waals surface area contributed by atoms with Gasteiger partial charge in [-0.25, -0.2) is 0 Å². The normalized spacial score (nSPS) is 16.3. The van der Waals surface area contributed by atoms with Gasteiger partial charge in [-0.05, 0) is 54.9 Å². The topological polar surface area (TPSA) is 71.8 Å². The number of carbonyl (C=O) groups is 1. The smallest absolute Gasteiger partial charge is 0.257 e. The number of anilines is 1. The minimum Gasteiger partial charge on any atom is -0.497 e. The first-order chi connectivity index (χ1) is 15.7. The Hall–Kier alpha value is -3.71. The second kappa shape index (κ2) is 8.80. The molecule has 2 aromatic carbocycles. The molecule has 0 saturated carbocycles. The van der Waals surface area contributed by atoms with Gasteiger partial charge in [0.15, 0.2) is 5.65 Å². The van der Waals surface area contributed by atoms with E-state index in [0.29, 0.717) is 11.3 Å². The van der Waals surface area contributed by atoms with E-state index >= 15 is 0 Å². The zero-order valence-electron chi connectivity index (χ0n) is 17.9. The van der Waals surface area contributed by atoms with Crippen LogP contribution in [-0.4, -0.2) is 45.6 Å². The van der Waals surface area contributed by atoms with Crippen molar-refractivity contribution >= 4 is 17.2 Å². The van der Waals surface area contributed by atoms with Gasteiger partial charge in [-0.15, -0.1) is 10.2 Å². The number of fused-ring (bicyclic) bond motifs is 1. The second-order valence-corrected chi connectivity index (χ2v) is 8.09. The van der Waals surface area contributed by atoms with E-state index in [-0.39, 0.29) is 11.8 Å². The molecule has 0 radical (unpaired) electrons. The molecular weight excluding hydrogens is 402 g/mol. The number of ether oxygens (including phenoxy) is 1. The molecule has 0 unspecified atom stereocenters. The van der Waals surface area contributed by atoms with Crippen molar-refractivity contribution in [2.75, 3.05) is 25.5 Å². The van der Waals surface area contributed by atoms with Crippen LogP contribution >= 0.6 is 0 Å². The maximum Gasteiger partial charge on any atom is 0.257 e. The van der Waals surface area contributed by atoms with Gasteiger partial charge in [-0.2, -0.15) is 0 Å². The second-order valence-electron chi connectivity index (χ2n) is 8.09. The molecule has 1 aliphatic heterocycles. The summed E-state index contributed by atoms with van der Waals surface area (Å²) in [4.78, 5) is 15.3. The molecule has 0 aliphatic carbocycles. The van der Waals surface area contributed by atoms with E-state index in [1.54, 1.807) is 13.2 Å². The third kappa shape index (κ3) is 4.20. The van der Waals surface area contributed by atoms with Crippen molar-refractivity contribution in [3.8, 4) is 5.75 Å². The number of carbonyl (C=O) groups excluding carboxylic acids is 1. The standard InChI is InChI=1S/C25H25N5O2/c1-32-22-10-8-21(9-11-22)26-25(31)20-7-12-23-27-28-24(30(23)17-20)19-13-14-29(16-19)15-18-5-3-2-4-6-18/h2-12,17,19H,13-16H2,1H3,(H,26,31)/t19-/m0/s1. The fraction of sp³-hybridized carbons (Fsp3) is 0.240. The number of pyridine rings is 1. The SMILES string of the molecule is COc1ccc(NC(=O)c2ccc3nnc([C@H]4CCN(Cc5ccccc5)C4)n3c2)cc1. The monoisotopic (exact) mass is 427 g/mol. The van der Waals surface area contributed by atoms with Crippen LogP contribution in [0.1, 0.15) is 34.1 Å². The molecule has 2 aromatic heterocycles. The Bertz CT molecular complexity index is 1220. The number of nitrogens with zero attached hydrogens (tertiary/aromatic N) is 4. The number of hydrogen-bond acceptors (Lipinski definition) is 5. The number of likely N-dealkylation sites (tertiary alicyclic amines) is 1. The highest BCUT2D eigenvalue weighted by atomic mass is 16.5. The van der Waals surface area contributed by atoms with E-state index in [0.717, 1.165) is 43.3 Å². The van der Waals surface area contributed by atoms with Crippen LogP contribution in [0.2, 0.25) is 0 Å². The Morgan fingerprint density at radius 2 is 1.88 bits per heavy atom. The van der Waals surface area contributed by atoms with E-state index in [2.05, 4.69) is 44.7 Å². The lowest BCUT2D eigenvalue weighted by Crippen LogP contribution is -2.20. The molecule has 1 saturated heterocycles. The molecule has 0 bridgehead atoms. The fourth-order valence-electron chi connectivity index (χ4n) is 4.23. The minimum atomic E-state index is -0.172. The number of nitrogens with one attached hydrogen (secondary N) is 1. The molecular formula is C25H25N5O2. The molecule has 3 heterocycles. The highest BCUT2D eigenvalue weighted by molar-refractivity contribution is 6.04. The zero-order chi connectivity index (χ0) is 21.9. The Morgan fingerprint density at radius 1 is 1.06 bits per heavy atom. The predicted molar refractivity (Wildman–Crippen MR) is 123 cm³/mol. The number of aromatic nitrogens is 3. The van der Waals surface area contributed by atoms with Crippen LogP contribution in [0, 0.1) is 0 Å². The van der Waals surface area contributed by atoms with Crippen molar-refractivity contribution in [2.24, 2.45) is 0 Å². The number of amides is 1. The van der Waals surface area contributed by atoms with Crippen LogP contribution in [0.3, 0.4) is 0 Å². The van der Waals surface area contributed by atoms with Gasteiger partial charge < -0.3 is 10.1 Å². The molecule has 7 nitrogen and oxygen atoms in total. The van der Waals surface area contributed by atoms with Crippen molar-refractivity contribution in [3.05, 3.63) is 89.9 Å². The van der Waals surface area contributed by atoms with Crippen LogP contribution in [0.5, 0.6) is 5.75 Å². The van der Waals surface area contributed by atoms with E-state index in [4.69, 9.17) is 4.74 Å². The summed E-state index contributed by atoms with van der Waals surface area (Å²) in [7, 11) is 1.62. The van der Waals surface area contributed by atoms with Gasteiger partial charge >= 0.3 is 0 Å². The summed E-state index contributed by atoms with van der Waals surface area (Å²) in [5, 5.41) is 11.7. The largest absolute Gasteiger partial charge is 0.497 e. The van der Waals surface area contributed by atoms with E-state index in [1.807, 2.05) is 47.0 Å². The van der Waals surface area contributed by atoms with Crippen LogP contribution in [-0.2, 0) is 6.54 Å².